The summed E-state index contributed by atoms with van der Waals surface area (Å²) in [4.78, 5) is 158. The normalized spacial score (nSPS) is 20.4. The number of hydrogen-bond donors (Lipinski definition) is 6. The van der Waals surface area contributed by atoms with E-state index >= 15 is 0 Å². The maximum atomic E-state index is 15.0. The maximum absolute atomic E-state index is 15.0. The van der Waals surface area contributed by atoms with Gasteiger partial charge in [-0.05, 0) is 99.5 Å². The Bertz CT molecular complexity index is 3000. The molecule has 8 rings (SSSR count). The Labute approximate surface area is 564 Å². The number of benzene rings is 1. The fraction of sp³-hybridized carbons (Fsp3) is 0.704. The molecule has 6 N–H and O–H groups in total. The van der Waals surface area contributed by atoms with Crippen LogP contribution in [-0.2, 0) is 63.8 Å². The summed E-state index contributed by atoms with van der Waals surface area (Å²) < 4.78 is 22.4. The summed E-state index contributed by atoms with van der Waals surface area (Å²) in [6.07, 6.45) is 19.1. The second kappa shape index (κ2) is 37.6. The third-order valence-electron chi connectivity index (χ3n) is 19.6. The van der Waals surface area contributed by atoms with Crippen molar-refractivity contribution in [1.82, 2.24) is 46.4 Å². The zero-order chi connectivity index (χ0) is 68.6. The lowest BCUT2D eigenvalue weighted by Gasteiger charge is -2.37. The molecule has 4 heterocycles. The van der Waals surface area contributed by atoms with Crippen molar-refractivity contribution in [2.45, 2.75) is 219 Å². The number of carbonyl (C=O) groups is 11. The molecule has 7 atom stereocenters. The van der Waals surface area contributed by atoms with Crippen LogP contribution in [0.25, 0.3) is 0 Å². The predicted molar refractivity (Wildman–Crippen MR) is 355 cm³/mol. The summed E-state index contributed by atoms with van der Waals surface area (Å²) in [5, 5.41) is 17.2. The number of hydrogen-bond acceptors (Lipinski definition) is 18. The molecule has 0 bridgehead atoms. The lowest BCUT2D eigenvalue weighted by atomic mass is 9.74. The summed E-state index contributed by atoms with van der Waals surface area (Å²) in [6, 6.07) is 1.99. The molecule has 0 spiro atoms. The molecule has 6 aliphatic rings. The second-order valence-electron chi connectivity index (χ2n) is 27.8. The molecule has 1 aromatic heterocycles. The summed E-state index contributed by atoms with van der Waals surface area (Å²) >= 11 is 0. The summed E-state index contributed by atoms with van der Waals surface area (Å²) in [6.45, 7) is 12.4. The predicted octanol–water partition coefficient (Wildman–Crippen LogP) is 6.29. The fourth-order valence-corrected chi connectivity index (χ4v) is 14.0. The van der Waals surface area contributed by atoms with E-state index in [0.29, 0.717) is 104 Å². The Morgan fingerprint density at radius 2 is 1.38 bits per heavy atom. The number of aromatic nitrogens is 2. The van der Waals surface area contributed by atoms with Crippen LogP contribution < -0.4 is 31.9 Å². The highest BCUT2D eigenvalue weighted by atomic mass is 16.6. The molecule has 25 nitrogen and oxygen atoms in total. The fourth-order valence-electron chi connectivity index (χ4n) is 14.0. The highest BCUT2D eigenvalue weighted by molar-refractivity contribution is 6.38. The highest BCUT2D eigenvalue weighted by Gasteiger charge is 2.53. The topological polar surface area (TPSA) is 329 Å². The molecule has 25 heteroatoms. The molecule has 5 fully saturated rings. The molecule has 3 aliphatic carbocycles. The number of amides is 8. The third-order valence-corrected chi connectivity index (χ3v) is 19.6. The number of nitrogens with zero attached hydrogens (tertiary/aromatic N) is 4. The van der Waals surface area contributed by atoms with Crippen LogP contribution in [0.4, 0.5) is 5.69 Å². The molecule has 2 aromatic rings. The average molecular weight is 1340 g/mol. The van der Waals surface area contributed by atoms with Gasteiger partial charge < -0.3 is 55.3 Å². The van der Waals surface area contributed by atoms with Gasteiger partial charge in [-0.2, -0.15) is 0 Å². The number of nitrogens with one attached hydrogen (secondary N) is 6. The number of Topliss-reactive ketones (excluding diaryl/α,β-unsaturated/α-hetero) is 3. The number of ketones is 3. The monoisotopic (exact) mass is 1340 g/mol. The van der Waals surface area contributed by atoms with E-state index in [9.17, 15) is 52.7 Å². The number of likely N-dealkylation sites (tertiary alicyclic amines) is 1. The number of carbonyl (C=O) groups excluding carboxylic acids is 11. The molecule has 528 valence electrons. The molecule has 3 saturated carbocycles. The van der Waals surface area contributed by atoms with Gasteiger partial charge in [-0.15, -0.1) is 0 Å². The zero-order valence-corrected chi connectivity index (χ0v) is 57.0. The SMILES string of the molecule is CCC[C@H](NC(=O)[C@@H]1[C@H]2CCC[C@H]2CN1C(=O)[C@@H](CC(=O)[C@@H](NC(=O)c1cnc(C(=O)CCCCCCCCCNC(=O)CCOCCOCCOCCOCCNc2cccc3c2CN(C2CCC(=O)NC2=O)C3=O)cn1)C1CCCCC1)C(C)(C)C)C(=O)C(=O)NC1CC1. The van der Waals surface area contributed by atoms with Crippen molar-refractivity contribution in [3.05, 3.63) is 53.1 Å². The van der Waals surface area contributed by atoms with Crippen molar-refractivity contribution in [3.63, 3.8) is 0 Å². The second-order valence-corrected chi connectivity index (χ2v) is 27.8. The number of anilines is 1. The van der Waals surface area contributed by atoms with Crippen LogP contribution in [0.5, 0.6) is 0 Å². The standard InChI is InChI=1S/C71H104N10O15/c1-5-18-54(64(86)68(90)76-48-26-27-48)77-67(89)63-49-22-16-21-47(49)44-81(63)70(92)52(71(2,3)4)41-59(83)62(46-19-12-11-13-20-46)79-65(87)56-43-74-55(42-75-56)58(82)25-14-9-7-6-8-10-15-31-73-60(84)30-33-93-35-37-95-39-40-96-38-36-94-34-32-72-53-24-17-23-50-51(53)45-80(69(50)91)57-28-29-61(85)78-66(57)88/h17,23-24,42-43,46-49,52,54,57,62-63,72H,5-16,18-22,25-41,44-45H2,1-4H3,(H,73,84)(H,76,90)(H,77,89)(H,79,87)(H,78,85,88)/t47-,49-,52+,54-,57?,62-,63-/m0/s1. The van der Waals surface area contributed by atoms with Crippen LogP contribution in [0.15, 0.2) is 30.6 Å². The summed E-state index contributed by atoms with van der Waals surface area (Å²) in [5.74, 6) is -5.24. The van der Waals surface area contributed by atoms with Gasteiger partial charge in [-0.3, -0.25) is 58.1 Å². The van der Waals surface area contributed by atoms with Gasteiger partial charge in [0.1, 0.15) is 23.5 Å². The minimum absolute atomic E-state index is 0.0161. The zero-order valence-electron chi connectivity index (χ0n) is 57.0. The van der Waals surface area contributed by atoms with Gasteiger partial charge in [0, 0.05) is 80.6 Å². The molecule has 2 saturated heterocycles. The van der Waals surface area contributed by atoms with Crippen molar-refractivity contribution in [2.75, 3.05) is 77.8 Å². The van der Waals surface area contributed by atoms with Crippen molar-refractivity contribution >= 4 is 70.3 Å². The molecule has 8 amide bonds. The van der Waals surface area contributed by atoms with E-state index in [1.54, 1.807) is 17.0 Å². The quantitative estimate of drug-likeness (QED) is 0.0184. The first-order valence-electron chi connectivity index (χ1n) is 35.5. The summed E-state index contributed by atoms with van der Waals surface area (Å²) in [5.41, 5.74) is 1.59. The van der Waals surface area contributed by atoms with Gasteiger partial charge in [0.15, 0.2) is 11.6 Å². The molecule has 3 aliphatic heterocycles. The molecule has 1 unspecified atom stereocenters. The van der Waals surface area contributed by atoms with E-state index in [1.165, 1.54) is 17.3 Å². The smallest absolute Gasteiger partial charge is 0.289 e. The van der Waals surface area contributed by atoms with Gasteiger partial charge in [0.2, 0.25) is 35.3 Å². The van der Waals surface area contributed by atoms with Gasteiger partial charge >= 0.3 is 0 Å². The van der Waals surface area contributed by atoms with E-state index < -0.39 is 64.9 Å². The van der Waals surface area contributed by atoms with Crippen molar-refractivity contribution in [2.24, 2.45) is 29.1 Å². The van der Waals surface area contributed by atoms with Crippen LogP contribution in [0.3, 0.4) is 0 Å². The van der Waals surface area contributed by atoms with Crippen molar-refractivity contribution in [3.8, 4) is 0 Å². The van der Waals surface area contributed by atoms with Gasteiger partial charge in [0.05, 0.1) is 77.3 Å². The first kappa shape index (κ1) is 74.7. The van der Waals surface area contributed by atoms with E-state index in [1.807, 2.05) is 33.8 Å². The average Bonchev–Trinajstić information content (AvgIpc) is 1.60. The van der Waals surface area contributed by atoms with Crippen LogP contribution in [0.2, 0.25) is 0 Å². The Balaban J connectivity index is 0.641. The van der Waals surface area contributed by atoms with Crippen molar-refractivity contribution in [1.29, 1.82) is 0 Å². The molecule has 96 heavy (non-hydrogen) atoms. The first-order chi connectivity index (χ1) is 46.3. The number of piperidine rings is 1. The van der Waals surface area contributed by atoms with E-state index in [4.69, 9.17) is 18.9 Å². The third kappa shape index (κ3) is 22.0. The molecule has 0 radical (unpaired) electrons. The van der Waals surface area contributed by atoms with E-state index in [-0.39, 0.29) is 102 Å². The minimum atomic E-state index is -1.02. The van der Waals surface area contributed by atoms with Crippen LogP contribution in [0, 0.1) is 29.1 Å². The van der Waals surface area contributed by atoms with E-state index in [2.05, 4.69) is 41.9 Å². The van der Waals surface area contributed by atoms with Crippen LogP contribution >= 0.6 is 0 Å². The molecular formula is C71H104N10O15. The Morgan fingerprint density at radius 1 is 0.708 bits per heavy atom. The number of rotatable bonds is 42. The Morgan fingerprint density at radius 3 is 2.04 bits per heavy atom. The number of imide groups is 1. The summed E-state index contributed by atoms with van der Waals surface area (Å²) in [7, 11) is 0. The van der Waals surface area contributed by atoms with Crippen LogP contribution in [0.1, 0.15) is 219 Å². The van der Waals surface area contributed by atoms with Gasteiger partial charge in [-0.25, -0.2) is 9.97 Å². The number of fused-ring (bicyclic) bond motifs is 2. The lowest BCUT2D eigenvalue weighted by molar-refractivity contribution is -0.148. The van der Waals surface area contributed by atoms with Gasteiger partial charge in [0.25, 0.3) is 17.7 Å². The van der Waals surface area contributed by atoms with Crippen molar-refractivity contribution < 1.29 is 71.7 Å². The molecule has 1 aromatic carbocycles. The lowest BCUT2D eigenvalue weighted by Crippen LogP contribution is -2.56. The Kier molecular flexibility index (Phi) is 29.2. The van der Waals surface area contributed by atoms with Crippen LogP contribution in [-0.4, -0.2) is 187 Å². The molecular weight excluding hydrogens is 1230 g/mol. The Hall–Kier alpha value is -7.09. The maximum Gasteiger partial charge on any atom is 0.289 e. The first-order valence-corrected chi connectivity index (χ1v) is 35.5. The number of unbranched alkanes of at least 4 members (excludes halogenated alkanes) is 6. The largest absolute Gasteiger partial charge is 0.382 e. The highest BCUT2D eigenvalue weighted by Crippen LogP contribution is 2.45. The minimum Gasteiger partial charge on any atom is -0.382 e. The van der Waals surface area contributed by atoms with Gasteiger partial charge in [-0.1, -0.05) is 98.0 Å². The van der Waals surface area contributed by atoms with E-state index in [0.717, 1.165) is 114 Å². The number of ether oxygens (including phenoxy) is 4.